The molecule has 1 heterocycles. The number of rotatable bonds is 3. The second-order valence-electron chi connectivity index (χ2n) is 4.67. The van der Waals surface area contributed by atoms with E-state index in [0.717, 1.165) is 0 Å². The van der Waals surface area contributed by atoms with Crippen molar-refractivity contribution >= 4 is 17.7 Å². The van der Waals surface area contributed by atoms with Gasteiger partial charge in [0.2, 0.25) is 17.7 Å². The summed E-state index contributed by atoms with van der Waals surface area (Å²) >= 11 is 0. The Labute approximate surface area is 111 Å². The molecule has 1 atom stereocenters. The van der Waals surface area contributed by atoms with E-state index in [-0.39, 0.29) is 11.8 Å². The van der Waals surface area contributed by atoms with Crippen molar-refractivity contribution < 1.29 is 14.4 Å². The Morgan fingerprint density at radius 3 is 2.68 bits per heavy atom. The first-order valence-corrected chi connectivity index (χ1v) is 6.16. The van der Waals surface area contributed by atoms with Crippen LogP contribution in [0.4, 0.5) is 0 Å². The van der Waals surface area contributed by atoms with E-state index in [4.69, 9.17) is 5.73 Å². The molecule has 1 aliphatic heterocycles. The van der Waals surface area contributed by atoms with Crippen LogP contribution < -0.4 is 11.1 Å². The maximum absolute atomic E-state index is 12.1. The van der Waals surface area contributed by atoms with Crippen LogP contribution in [-0.2, 0) is 15.0 Å². The SMILES string of the molecule is CCC1(c2[c]cc(C(N)=O)cc2)CCC(=O)NC1=O. The summed E-state index contributed by atoms with van der Waals surface area (Å²) in [6, 6.07) is 7.70. The standard InChI is InChI=1S/C14H15N2O3/c1-2-14(8-7-11(17)16-13(14)19)10-5-3-9(4-6-10)12(15)18/h3-5H,2,7-8H2,1H3,(H2,15,18)(H,16,17,19). The van der Waals surface area contributed by atoms with Crippen molar-refractivity contribution in [1.29, 1.82) is 0 Å². The van der Waals surface area contributed by atoms with Crippen LogP contribution in [0.25, 0.3) is 0 Å². The van der Waals surface area contributed by atoms with Crippen molar-refractivity contribution in [2.45, 2.75) is 31.6 Å². The molecule has 0 saturated carbocycles. The number of primary amides is 1. The molecule has 5 heteroatoms. The Hall–Kier alpha value is -2.17. The highest BCUT2D eigenvalue weighted by molar-refractivity contribution is 6.03. The van der Waals surface area contributed by atoms with Crippen molar-refractivity contribution in [3.05, 3.63) is 35.4 Å². The zero-order valence-electron chi connectivity index (χ0n) is 10.7. The second kappa shape index (κ2) is 4.84. The average molecular weight is 259 g/mol. The van der Waals surface area contributed by atoms with E-state index in [0.29, 0.717) is 30.4 Å². The Kier molecular flexibility index (Phi) is 3.38. The van der Waals surface area contributed by atoms with Gasteiger partial charge in [-0.2, -0.15) is 0 Å². The average Bonchev–Trinajstić information content (AvgIpc) is 2.40. The molecule has 1 aromatic carbocycles. The number of hydrogen-bond donors (Lipinski definition) is 2. The van der Waals surface area contributed by atoms with Gasteiger partial charge >= 0.3 is 0 Å². The first kappa shape index (κ1) is 13.3. The quantitative estimate of drug-likeness (QED) is 0.782. The maximum Gasteiger partial charge on any atom is 0.248 e. The third-order valence-corrected chi connectivity index (χ3v) is 3.68. The fraction of sp³-hybridized carbons (Fsp3) is 0.357. The van der Waals surface area contributed by atoms with E-state index in [1.54, 1.807) is 12.1 Å². The molecule has 0 spiro atoms. The fourth-order valence-electron chi connectivity index (χ4n) is 2.41. The minimum Gasteiger partial charge on any atom is -0.366 e. The van der Waals surface area contributed by atoms with Crippen molar-refractivity contribution in [2.24, 2.45) is 5.73 Å². The van der Waals surface area contributed by atoms with Crippen LogP contribution in [-0.4, -0.2) is 17.7 Å². The first-order chi connectivity index (χ1) is 8.99. The van der Waals surface area contributed by atoms with Crippen LogP contribution in [0.2, 0.25) is 0 Å². The van der Waals surface area contributed by atoms with Crippen molar-refractivity contribution in [1.82, 2.24) is 5.32 Å². The summed E-state index contributed by atoms with van der Waals surface area (Å²) in [5, 5.41) is 2.37. The fourth-order valence-corrected chi connectivity index (χ4v) is 2.41. The van der Waals surface area contributed by atoms with Gasteiger partial charge in [0.25, 0.3) is 0 Å². The highest BCUT2D eigenvalue weighted by Crippen LogP contribution is 2.35. The van der Waals surface area contributed by atoms with E-state index in [2.05, 4.69) is 11.4 Å². The summed E-state index contributed by atoms with van der Waals surface area (Å²) < 4.78 is 0. The molecule has 19 heavy (non-hydrogen) atoms. The molecule has 1 aromatic rings. The Bertz CT molecular complexity index is 536. The monoisotopic (exact) mass is 259 g/mol. The number of carbonyl (C=O) groups is 3. The van der Waals surface area contributed by atoms with Gasteiger partial charge in [0.1, 0.15) is 0 Å². The lowest BCUT2D eigenvalue weighted by molar-refractivity contribution is -0.138. The second-order valence-corrected chi connectivity index (χ2v) is 4.67. The van der Waals surface area contributed by atoms with Crippen LogP contribution in [0.15, 0.2) is 18.2 Å². The number of nitrogens with one attached hydrogen (secondary N) is 1. The number of piperidine rings is 1. The highest BCUT2D eigenvalue weighted by atomic mass is 16.2. The minimum atomic E-state index is -0.746. The summed E-state index contributed by atoms with van der Waals surface area (Å²) in [7, 11) is 0. The summed E-state index contributed by atoms with van der Waals surface area (Å²) in [6.07, 6.45) is 1.34. The first-order valence-electron chi connectivity index (χ1n) is 6.16. The number of imide groups is 1. The van der Waals surface area contributed by atoms with Crippen molar-refractivity contribution in [3.8, 4) is 0 Å². The van der Waals surface area contributed by atoms with E-state index < -0.39 is 11.3 Å². The molecule has 99 valence electrons. The molecular formula is C14H15N2O3. The lowest BCUT2D eigenvalue weighted by Gasteiger charge is -2.34. The van der Waals surface area contributed by atoms with Crippen molar-refractivity contribution in [2.75, 3.05) is 0 Å². The van der Waals surface area contributed by atoms with Gasteiger partial charge in [0.05, 0.1) is 5.41 Å². The van der Waals surface area contributed by atoms with E-state index in [9.17, 15) is 14.4 Å². The molecular weight excluding hydrogens is 244 g/mol. The Morgan fingerprint density at radius 2 is 2.21 bits per heavy atom. The number of carbonyl (C=O) groups excluding carboxylic acids is 3. The molecule has 0 bridgehead atoms. The lowest BCUT2D eigenvalue weighted by Crippen LogP contribution is -2.51. The summed E-state index contributed by atoms with van der Waals surface area (Å²) in [5.41, 5.74) is 5.46. The van der Waals surface area contributed by atoms with Crippen LogP contribution in [0, 0.1) is 6.07 Å². The largest absolute Gasteiger partial charge is 0.366 e. The molecule has 1 aliphatic rings. The maximum atomic E-state index is 12.1. The minimum absolute atomic E-state index is 0.247. The predicted molar refractivity (Wildman–Crippen MR) is 68.1 cm³/mol. The van der Waals surface area contributed by atoms with Gasteiger partial charge in [0, 0.05) is 12.0 Å². The molecule has 3 N–H and O–H groups in total. The van der Waals surface area contributed by atoms with Gasteiger partial charge in [-0.15, -0.1) is 0 Å². The third kappa shape index (κ3) is 2.23. The lowest BCUT2D eigenvalue weighted by atomic mass is 9.72. The molecule has 0 aliphatic carbocycles. The van der Waals surface area contributed by atoms with E-state index in [1.807, 2.05) is 6.92 Å². The molecule has 1 radical (unpaired) electrons. The van der Waals surface area contributed by atoms with Crippen LogP contribution in [0.3, 0.4) is 0 Å². The van der Waals surface area contributed by atoms with E-state index >= 15 is 0 Å². The molecule has 5 nitrogen and oxygen atoms in total. The van der Waals surface area contributed by atoms with Crippen LogP contribution in [0.5, 0.6) is 0 Å². The van der Waals surface area contributed by atoms with Gasteiger partial charge < -0.3 is 5.73 Å². The van der Waals surface area contributed by atoms with Gasteiger partial charge in [-0.05, 0) is 36.6 Å². The zero-order valence-corrected chi connectivity index (χ0v) is 10.7. The zero-order chi connectivity index (χ0) is 14.0. The number of nitrogens with two attached hydrogens (primary N) is 1. The normalized spacial score (nSPS) is 23.0. The molecule has 2 rings (SSSR count). The summed E-state index contributed by atoms with van der Waals surface area (Å²) in [4.78, 5) is 34.4. The topological polar surface area (TPSA) is 89.3 Å². The third-order valence-electron chi connectivity index (χ3n) is 3.68. The summed E-state index contributed by atoms with van der Waals surface area (Å²) in [5.74, 6) is -1.08. The smallest absolute Gasteiger partial charge is 0.248 e. The molecule has 1 saturated heterocycles. The summed E-state index contributed by atoms with van der Waals surface area (Å²) in [6.45, 7) is 1.89. The number of amides is 3. The predicted octanol–water partition coefficient (Wildman–Crippen LogP) is 0.670. The number of benzene rings is 1. The molecule has 1 fully saturated rings. The van der Waals surface area contributed by atoms with Crippen LogP contribution >= 0.6 is 0 Å². The van der Waals surface area contributed by atoms with E-state index in [1.165, 1.54) is 6.07 Å². The Morgan fingerprint density at radius 1 is 1.47 bits per heavy atom. The van der Waals surface area contributed by atoms with Gasteiger partial charge in [-0.25, -0.2) is 0 Å². The van der Waals surface area contributed by atoms with Crippen molar-refractivity contribution in [3.63, 3.8) is 0 Å². The molecule has 3 amide bonds. The molecule has 0 aromatic heterocycles. The van der Waals surface area contributed by atoms with Gasteiger partial charge in [-0.3, -0.25) is 19.7 Å². The van der Waals surface area contributed by atoms with Gasteiger partial charge in [-0.1, -0.05) is 13.0 Å². The number of hydrogen-bond acceptors (Lipinski definition) is 3. The van der Waals surface area contributed by atoms with Crippen LogP contribution in [0.1, 0.15) is 42.1 Å². The molecule has 1 unspecified atom stereocenters. The highest BCUT2D eigenvalue weighted by Gasteiger charge is 2.42. The Balaban J connectivity index is 2.38. The van der Waals surface area contributed by atoms with Gasteiger partial charge in [0.15, 0.2) is 0 Å².